The first-order valence-electron chi connectivity index (χ1n) is 14.1. The monoisotopic (exact) mass is 502 g/mol. The van der Waals surface area contributed by atoms with Gasteiger partial charge in [0.1, 0.15) is 0 Å². The molecule has 0 spiro atoms. The zero-order chi connectivity index (χ0) is 24.3. The summed E-state index contributed by atoms with van der Waals surface area (Å²) in [5.41, 5.74) is 0. The molecule has 0 amide bonds. The van der Waals surface area contributed by atoms with Crippen LogP contribution in [-0.4, -0.2) is 63.6 Å². The normalized spacial score (nSPS) is 12.5. The van der Waals surface area contributed by atoms with E-state index in [9.17, 15) is 0 Å². The molecule has 3 N–H and O–H groups in total. The van der Waals surface area contributed by atoms with Crippen molar-refractivity contribution in [2.75, 3.05) is 0 Å². The summed E-state index contributed by atoms with van der Waals surface area (Å²) in [6, 6.07) is 0. The predicted octanol–water partition coefficient (Wildman–Crippen LogP) is 9.03. The minimum Gasteiger partial charge on any atom is -0.303 e. The van der Waals surface area contributed by atoms with Crippen LogP contribution >= 0.6 is 7.82 Å². The van der Waals surface area contributed by atoms with Crippen LogP contribution < -0.4 is 0 Å². The van der Waals surface area contributed by atoms with Crippen LogP contribution in [0.5, 0.6) is 0 Å². The SMILES string of the molecule is CCCCCCCCCCCCC[CH]([K])CCCCCCCCCCCC.O=P(O)(O)O. The number of hydrogen-bond donors (Lipinski definition) is 3. The van der Waals surface area contributed by atoms with Gasteiger partial charge in [-0.3, -0.25) is 0 Å². The maximum absolute atomic E-state index is 8.88. The van der Waals surface area contributed by atoms with Crippen molar-refractivity contribution in [2.45, 2.75) is 162 Å². The summed E-state index contributed by atoms with van der Waals surface area (Å²) in [6.45, 7) is 4.61. The van der Waals surface area contributed by atoms with E-state index in [0.717, 1.165) is 49.0 Å². The molecule has 0 aromatic rings. The van der Waals surface area contributed by atoms with E-state index in [0.29, 0.717) is 0 Å². The first-order chi connectivity index (χ1) is 15.3. The molecule has 0 aliphatic heterocycles. The van der Waals surface area contributed by atoms with Crippen LogP contribution in [0.15, 0.2) is 0 Å². The summed E-state index contributed by atoms with van der Waals surface area (Å²) in [5, 5.41) is 0. The molecule has 0 bridgehead atoms. The van der Waals surface area contributed by atoms with Gasteiger partial charge in [-0.2, -0.15) is 0 Å². The minimum absolute atomic E-state index is 1.06. The maximum atomic E-state index is 8.88. The van der Waals surface area contributed by atoms with Crippen molar-refractivity contribution in [1.82, 2.24) is 0 Å². The molecule has 0 aromatic heterocycles. The van der Waals surface area contributed by atoms with Crippen molar-refractivity contribution in [3.63, 3.8) is 0 Å². The standard InChI is InChI=1S/C26H53.K.H3O4P/c1-3-5-7-9-11-13-15-17-19-21-23-25-26-24-22-20-18-16-14-12-10-8-6-4-2;;1-5(2,3)4/h25H,3-24,26H2,1-2H3;;(H3,1,2,3,4). The quantitative estimate of drug-likeness (QED) is 0.0740. The van der Waals surface area contributed by atoms with E-state index in [1.165, 1.54) is 135 Å². The summed E-state index contributed by atoms with van der Waals surface area (Å²) < 4.78 is 10.0. The van der Waals surface area contributed by atoms with E-state index in [1.807, 2.05) is 0 Å². The number of unbranched alkanes of at least 4 members (excludes halogenated alkanes) is 19. The average Bonchev–Trinajstić information content (AvgIpc) is 2.72. The molecule has 4 nitrogen and oxygen atoms in total. The Labute approximate surface area is 235 Å². The molecule has 190 valence electrons. The molecule has 0 saturated heterocycles. The second-order valence-electron chi connectivity index (χ2n) is 9.91. The van der Waals surface area contributed by atoms with Gasteiger partial charge < -0.3 is 14.7 Å². The number of hydrogen-bond acceptors (Lipinski definition) is 1. The van der Waals surface area contributed by atoms with Crippen LogP contribution in [0.4, 0.5) is 0 Å². The van der Waals surface area contributed by atoms with E-state index in [2.05, 4.69) is 13.8 Å². The Morgan fingerprint density at radius 1 is 0.500 bits per heavy atom. The van der Waals surface area contributed by atoms with Crippen molar-refractivity contribution in [1.29, 1.82) is 0 Å². The molecule has 0 saturated carbocycles. The van der Waals surface area contributed by atoms with Crippen LogP contribution in [0, 0.1) is 0 Å². The zero-order valence-electron chi connectivity index (χ0n) is 22.0. The number of rotatable bonds is 23. The van der Waals surface area contributed by atoms with Gasteiger partial charge in [0.2, 0.25) is 0 Å². The summed E-state index contributed by atoms with van der Waals surface area (Å²) in [7, 11) is -4.64. The van der Waals surface area contributed by atoms with Gasteiger partial charge in [0.25, 0.3) is 0 Å². The Morgan fingerprint density at radius 3 is 0.906 bits per heavy atom. The van der Waals surface area contributed by atoms with Gasteiger partial charge in [0, 0.05) is 0 Å². The van der Waals surface area contributed by atoms with Crippen LogP contribution in [0.25, 0.3) is 0 Å². The molecular formula is C26H56KO4P. The van der Waals surface area contributed by atoms with Gasteiger partial charge in [-0.15, -0.1) is 0 Å². The van der Waals surface area contributed by atoms with Gasteiger partial charge in [0.15, 0.2) is 0 Å². The first kappa shape index (κ1) is 35.9. The van der Waals surface area contributed by atoms with E-state index in [1.54, 1.807) is 12.8 Å². The summed E-state index contributed by atoms with van der Waals surface area (Å²) >= 11 is 1.06. The average molecular weight is 503 g/mol. The predicted molar refractivity (Wildman–Crippen MR) is 141 cm³/mol. The first-order valence-corrected chi connectivity index (χ1v) is 17.5. The minimum atomic E-state index is -4.64. The van der Waals surface area contributed by atoms with Crippen LogP contribution in [0.1, 0.15) is 162 Å². The van der Waals surface area contributed by atoms with E-state index in [4.69, 9.17) is 19.2 Å². The molecule has 0 radical (unpaired) electrons. The van der Waals surface area contributed by atoms with Gasteiger partial charge >= 0.3 is 198 Å². The van der Waals surface area contributed by atoms with Gasteiger partial charge in [-0.05, 0) is 0 Å². The Hall–Kier alpha value is 1.75. The van der Waals surface area contributed by atoms with Crippen molar-refractivity contribution < 1.29 is 19.2 Å². The summed E-state index contributed by atoms with van der Waals surface area (Å²) in [6.07, 6.45) is 34.3. The summed E-state index contributed by atoms with van der Waals surface area (Å²) in [4.78, 5) is 21.6. The van der Waals surface area contributed by atoms with Gasteiger partial charge in [-0.1, -0.05) is 20.3 Å². The Morgan fingerprint density at radius 2 is 0.688 bits per heavy atom. The number of phosphoric acid groups is 1. The zero-order valence-corrected chi connectivity index (χ0v) is 26.1. The fourth-order valence-corrected chi connectivity index (χ4v) is 5.56. The van der Waals surface area contributed by atoms with Gasteiger partial charge in [-0.25, -0.2) is 4.57 Å². The molecule has 0 aliphatic carbocycles. The molecule has 0 fully saturated rings. The second kappa shape index (κ2) is 29.0. The molecule has 6 heteroatoms. The molecule has 1 unspecified atom stereocenters. The van der Waals surface area contributed by atoms with Crippen LogP contribution in [0.2, 0.25) is 0.0125 Å². The summed E-state index contributed by atoms with van der Waals surface area (Å²) in [5.74, 6) is 0. The fraction of sp³-hybridized carbons (Fsp3) is 1.00. The van der Waals surface area contributed by atoms with Crippen molar-refractivity contribution in [2.24, 2.45) is 0 Å². The molecule has 0 heterocycles. The molecule has 32 heavy (non-hydrogen) atoms. The Kier molecular flexibility index (Phi) is 32.5. The third-order valence-electron chi connectivity index (χ3n) is 6.35. The Bertz CT molecular complexity index is 382. The van der Waals surface area contributed by atoms with Crippen molar-refractivity contribution in [3.05, 3.63) is 0 Å². The van der Waals surface area contributed by atoms with E-state index in [-0.39, 0.29) is 0 Å². The fourth-order valence-electron chi connectivity index (χ4n) is 4.28. The molecular weight excluding hydrogens is 446 g/mol. The molecule has 0 aliphatic rings. The topological polar surface area (TPSA) is 77.8 Å². The van der Waals surface area contributed by atoms with Crippen LogP contribution in [0.3, 0.4) is 0 Å². The second-order valence-corrected chi connectivity index (χ2v) is 13.5. The van der Waals surface area contributed by atoms with Crippen molar-refractivity contribution in [3.8, 4) is 0 Å². The van der Waals surface area contributed by atoms with E-state index >= 15 is 0 Å². The Balaban J connectivity index is 0. The van der Waals surface area contributed by atoms with Crippen LogP contribution in [-0.2, 0) is 4.57 Å². The smallest absolute Gasteiger partial charge is 0.303 e. The molecule has 1 atom stereocenters. The molecule has 0 aromatic carbocycles. The third-order valence-corrected chi connectivity index (χ3v) is 8.15. The van der Waals surface area contributed by atoms with E-state index < -0.39 is 7.82 Å². The van der Waals surface area contributed by atoms with Gasteiger partial charge in [0.05, 0.1) is 0 Å². The molecule has 0 rings (SSSR count). The third kappa shape index (κ3) is 42.0. The van der Waals surface area contributed by atoms with Crippen molar-refractivity contribution >= 4 is 56.8 Å².